The van der Waals surface area contributed by atoms with Gasteiger partial charge in [-0.2, -0.15) is 0 Å². The number of carbonyl (C=O) groups is 4. The highest BCUT2D eigenvalue weighted by Crippen LogP contribution is 2.19. The van der Waals surface area contributed by atoms with E-state index in [4.69, 9.17) is 0 Å². The van der Waals surface area contributed by atoms with E-state index in [-0.39, 0.29) is 37.1 Å². The van der Waals surface area contributed by atoms with Gasteiger partial charge in [0, 0.05) is 57.4 Å². The van der Waals surface area contributed by atoms with Gasteiger partial charge in [0.25, 0.3) is 11.8 Å². The van der Waals surface area contributed by atoms with Gasteiger partial charge in [-0.1, -0.05) is 0 Å². The summed E-state index contributed by atoms with van der Waals surface area (Å²) in [5.74, 6) is -1.41. The Balaban J connectivity index is 1.55. The molecule has 0 saturated carbocycles. The molecule has 0 bridgehead atoms. The van der Waals surface area contributed by atoms with E-state index < -0.39 is 23.9 Å². The van der Waals surface area contributed by atoms with E-state index in [2.05, 4.69) is 20.6 Å². The third-order valence-corrected chi connectivity index (χ3v) is 6.25. The monoisotopic (exact) mass is 479 g/mol. The quantitative estimate of drug-likeness (QED) is 0.613. The minimum absolute atomic E-state index is 0.000436. The van der Waals surface area contributed by atoms with Crippen molar-refractivity contribution in [2.24, 2.45) is 0 Å². The zero-order chi connectivity index (χ0) is 24.9. The highest BCUT2D eigenvalue weighted by atomic mass is 16.2. The fourth-order valence-corrected chi connectivity index (χ4v) is 4.25. The lowest BCUT2D eigenvalue weighted by Crippen LogP contribution is -2.63. The number of aromatic nitrogens is 2. The number of amides is 4. The van der Waals surface area contributed by atoms with Crippen LogP contribution in [-0.2, 0) is 9.59 Å². The predicted octanol–water partition coefficient (Wildman–Crippen LogP) is -0.0958. The van der Waals surface area contributed by atoms with Crippen molar-refractivity contribution in [3.05, 3.63) is 54.1 Å². The average molecular weight is 480 g/mol. The average Bonchev–Trinajstić information content (AvgIpc) is 2.89. The molecule has 11 heteroatoms. The van der Waals surface area contributed by atoms with Gasteiger partial charge in [-0.25, -0.2) is 4.98 Å². The second-order valence-electron chi connectivity index (χ2n) is 8.79. The van der Waals surface area contributed by atoms with Gasteiger partial charge in [-0.15, -0.1) is 0 Å². The summed E-state index contributed by atoms with van der Waals surface area (Å²) in [6.07, 6.45) is 5.48. The number of nitrogens with one attached hydrogen (secondary N) is 2. The van der Waals surface area contributed by atoms with Crippen molar-refractivity contribution in [1.82, 2.24) is 30.4 Å². The van der Waals surface area contributed by atoms with E-state index in [1.54, 1.807) is 17.0 Å². The standard InChI is InChI=1S/C24H29N7O4/c1-29(2)17-7-5-16(6-8-17)23(34)30-12-13-31(24(35)19-14-25-10-11-26-19)20(15-30)22(33)28-18-4-3-9-27-21(18)32/h5-8,10-11,14,18,20H,3-4,9,12-13,15H2,1-2H3,(H,27,32)(H,28,33)/t18-,20+/m1/s1. The number of anilines is 1. The summed E-state index contributed by atoms with van der Waals surface area (Å²) >= 11 is 0. The largest absolute Gasteiger partial charge is 0.378 e. The number of hydrogen-bond donors (Lipinski definition) is 2. The van der Waals surface area contributed by atoms with Crippen molar-refractivity contribution >= 4 is 29.3 Å². The Bertz CT molecular complexity index is 1090. The number of carbonyl (C=O) groups excluding carboxylic acids is 4. The predicted molar refractivity (Wildman–Crippen MR) is 128 cm³/mol. The zero-order valence-electron chi connectivity index (χ0n) is 19.8. The lowest BCUT2D eigenvalue weighted by molar-refractivity contribution is -0.133. The molecule has 11 nitrogen and oxygen atoms in total. The highest BCUT2D eigenvalue weighted by molar-refractivity contribution is 5.99. The molecule has 3 heterocycles. The van der Waals surface area contributed by atoms with Crippen molar-refractivity contribution < 1.29 is 19.2 Å². The molecule has 35 heavy (non-hydrogen) atoms. The number of hydrogen-bond acceptors (Lipinski definition) is 7. The van der Waals surface area contributed by atoms with E-state index >= 15 is 0 Å². The summed E-state index contributed by atoms with van der Waals surface area (Å²) in [5.41, 5.74) is 1.57. The molecule has 2 saturated heterocycles. The summed E-state index contributed by atoms with van der Waals surface area (Å²) in [7, 11) is 3.83. The van der Waals surface area contributed by atoms with Crippen LogP contribution in [0.3, 0.4) is 0 Å². The van der Waals surface area contributed by atoms with Crippen molar-refractivity contribution in [2.45, 2.75) is 24.9 Å². The van der Waals surface area contributed by atoms with Crippen LogP contribution in [0.2, 0.25) is 0 Å². The molecule has 2 aromatic rings. The number of piperazine rings is 1. The van der Waals surface area contributed by atoms with Gasteiger partial charge in [0.15, 0.2) is 0 Å². The van der Waals surface area contributed by atoms with Crippen LogP contribution in [0.1, 0.15) is 33.7 Å². The third kappa shape index (κ3) is 5.39. The second-order valence-corrected chi connectivity index (χ2v) is 8.79. The van der Waals surface area contributed by atoms with Crippen LogP contribution in [0.5, 0.6) is 0 Å². The summed E-state index contributed by atoms with van der Waals surface area (Å²) in [6.45, 7) is 0.973. The Morgan fingerprint density at radius 2 is 1.86 bits per heavy atom. The summed E-state index contributed by atoms with van der Waals surface area (Å²) in [5, 5.41) is 5.51. The van der Waals surface area contributed by atoms with Crippen LogP contribution in [0.15, 0.2) is 42.9 Å². The van der Waals surface area contributed by atoms with Crippen molar-refractivity contribution in [3.8, 4) is 0 Å². The lowest BCUT2D eigenvalue weighted by atomic mass is 10.0. The molecule has 2 N–H and O–H groups in total. The molecule has 0 spiro atoms. The van der Waals surface area contributed by atoms with E-state index in [0.717, 1.165) is 12.1 Å². The highest BCUT2D eigenvalue weighted by Gasteiger charge is 2.39. The Labute approximate surface area is 203 Å². The van der Waals surface area contributed by atoms with Crippen LogP contribution in [0.25, 0.3) is 0 Å². The van der Waals surface area contributed by atoms with Crippen molar-refractivity contribution in [2.75, 3.05) is 45.2 Å². The van der Waals surface area contributed by atoms with E-state index in [9.17, 15) is 19.2 Å². The van der Waals surface area contributed by atoms with Crippen LogP contribution in [0, 0.1) is 0 Å². The molecule has 2 aliphatic rings. The molecule has 1 aromatic heterocycles. The fourth-order valence-electron chi connectivity index (χ4n) is 4.25. The van der Waals surface area contributed by atoms with Crippen molar-refractivity contribution in [1.29, 1.82) is 0 Å². The maximum absolute atomic E-state index is 13.3. The lowest BCUT2D eigenvalue weighted by Gasteiger charge is -2.41. The Hall–Kier alpha value is -4.02. The van der Waals surface area contributed by atoms with Gasteiger partial charge in [0.1, 0.15) is 17.8 Å². The first kappa shape index (κ1) is 24.1. The number of nitrogens with zero attached hydrogens (tertiary/aromatic N) is 5. The van der Waals surface area contributed by atoms with E-state index in [1.165, 1.54) is 23.5 Å². The van der Waals surface area contributed by atoms with Gasteiger partial charge < -0.3 is 25.3 Å². The van der Waals surface area contributed by atoms with Crippen LogP contribution >= 0.6 is 0 Å². The number of piperidine rings is 1. The SMILES string of the molecule is CN(C)c1ccc(C(=O)N2CCN(C(=O)c3cnccn3)[C@H](C(=O)N[C@@H]3CCCNC3=O)C2)cc1. The first-order valence-electron chi connectivity index (χ1n) is 11.6. The van der Waals surface area contributed by atoms with E-state index in [1.807, 2.05) is 31.1 Å². The van der Waals surface area contributed by atoms with Gasteiger partial charge in [-0.05, 0) is 37.1 Å². The Morgan fingerprint density at radius 1 is 1.09 bits per heavy atom. The molecule has 0 radical (unpaired) electrons. The fraction of sp³-hybridized carbons (Fsp3) is 0.417. The van der Waals surface area contributed by atoms with Crippen LogP contribution in [-0.4, -0.2) is 95.8 Å². The molecule has 4 rings (SSSR count). The summed E-state index contributed by atoms with van der Waals surface area (Å²) in [4.78, 5) is 64.8. The zero-order valence-corrected chi connectivity index (χ0v) is 19.8. The molecule has 0 aliphatic carbocycles. The minimum atomic E-state index is -0.974. The minimum Gasteiger partial charge on any atom is -0.378 e. The first-order chi connectivity index (χ1) is 16.8. The van der Waals surface area contributed by atoms with Crippen LogP contribution < -0.4 is 15.5 Å². The number of benzene rings is 1. The van der Waals surface area contributed by atoms with Gasteiger partial charge >= 0.3 is 0 Å². The molecule has 2 fully saturated rings. The summed E-state index contributed by atoms with van der Waals surface area (Å²) in [6, 6.07) is 5.55. The second kappa shape index (κ2) is 10.5. The molecular formula is C24H29N7O4. The summed E-state index contributed by atoms with van der Waals surface area (Å²) < 4.78 is 0. The molecule has 0 unspecified atom stereocenters. The topological polar surface area (TPSA) is 128 Å². The molecule has 184 valence electrons. The maximum Gasteiger partial charge on any atom is 0.274 e. The normalized spacial score (nSPS) is 20.1. The smallest absolute Gasteiger partial charge is 0.274 e. The maximum atomic E-state index is 13.3. The molecular weight excluding hydrogens is 450 g/mol. The Kier molecular flexibility index (Phi) is 7.23. The molecule has 2 aliphatic heterocycles. The molecule has 4 amide bonds. The van der Waals surface area contributed by atoms with Crippen molar-refractivity contribution in [3.63, 3.8) is 0 Å². The number of rotatable bonds is 5. The first-order valence-corrected chi connectivity index (χ1v) is 11.6. The Morgan fingerprint density at radius 3 is 2.51 bits per heavy atom. The molecule has 1 aromatic carbocycles. The van der Waals surface area contributed by atoms with Gasteiger partial charge in [0.2, 0.25) is 11.8 Å². The van der Waals surface area contributed by atoms with Gasteiger partial charge in [-0.3, -0.25) is 24.2 Å². The van der Waals surface area contributed by atoms with E-state index in [0.29, 0.717) is 18.5 Å². The third-order valence-electron chi connectivity index (χ3n) is 6.25. The molecule has 2 atom stereocenters. The van der Waals surface area contributed by atoms with Crippen LogP contribution in [0.4, 0.5) is 5.69 Å². The van der Waals surface area contributed by atoms with Gasteiger partial charge in [0.05, 0.1) is 12.7 Å².